The molecule has 2 aromatic rings. The molecule has 0 atom stereocenters. The lowest BCUT2D eigenvalue weighted by atomic mass is 10.2. The zero-order valence-corrected chi connectivity index (χ0v) is 16.1. The van der Waals surface area contributed by atoms with Gasteiger partial charge in [-0.2, -0.15) is 0 Å². The van der Waals surface area contributed by atoms with E-state index in [9.17, 15) is 4.79 Å². The second kappa shape index (κ2) is 9.12. The molecule has 2 aliphatic heterocycles. The highest BCUT2D eigenvalue weighted by Gasteiger charge is 2.22. The van der Waals surface area contributed by atoms with Crippen LogP contribution in [0.1, 0.15) is 23.3 Å². The minimum atomic E-state index is -0.00619. The first-order valence-corrected chi connectivity index (χ1v) is 10.1. The third kappa shape index (κ3) is 4.66. The Morgan fingerprint density at radius 2 is 1.79 bits per heavy atom. The molecule has 1 amide bonds. The molecule has 1 aromatic carbocycles. The zero-order valence-electron chi connectivity index (χ0n) is 16.1. The van der Waals surface area contributed by atoms with E-state index in [1.54, 1.807) is 6.07 Å². The van der Waals surface area contributed by atoms with E-state index in [2.05, 4.69) is 20.2 Å². The second-order valence-electron chi connectivity index (χ2n) is 7.21. The monoisotopic (exact) mass is 381 g/mol. The van der Waals surface area contributed by atoms with Crippen molar-refractivity contribution >= 4 is 11.7 Å². The van der Waals surface area contributed by atoms with Gasteiger partial charge in [0.1, 0.15) is 11.5 Å². The number of likely N-dealkylation sites (tertiary alicyclic amines) is 1. The first-order valence-electron chi connectivity index (χ1n) is 10.1. The number of nitrogens with one attached hydrogen (secondary N) is 1. The average molecular weight is 381 g/mol. The van der Waals surface area contributed by atoms with E-state index in [0.717, 1.165) is 70.9 Å². The predicted octanol–water partition coefficient (Wildman–Crippen LogP) is 2.12. The number of hydrogen-bond acceptors (Lipinski definition) is 6. The molecular weight excluding hydrogens is 354 g/mol. The van der Waals surface area contributed by atoms with Gasteiger partial charge in [0.05, 0.1) is 13.2 Å². The van der Waals surface area contributed by atoms with Crippen molar-refractivity contribution in [3.05, 3.63) is 42.1 Å². The van der Waals surface area contributed by atoms with Gasteiger partial charge in [-0.15, -0.1) is 0 Å². The molecular formula is C21H27N5O2. The number of aromatic nitrogens is 2. The van der Waals surface area contributed by atoms with E-state index < -0.39 is 0 Å². The molecule has 28 heavy (non-hydrogen) atoms. The maximum absolute atomic E-state index is 12.9. The third-order valence-electron chi connectivity index (χ3n) is 5.21. The van der Waals surface area contributed by atoms with Crippen molar-refractivity contribution < 1.29 is 9.53 Å². The molecule has 148 valence electrons. The molecule has 3 heterocycles. The lowest BCUT2D eigenvalue weighted by molar-refractivity contribution is 0.0398. The molecule has 2 aliphatic rings. The first kappa shape index (κ1) is 18.8. The SMILES string of the molecule is O=C(c1cc(NCCN2CCOCC2)nc(-c2ccccc2)n1)N1CCCC1. The van der Waals surface area contributed by atoms with Crippen molar-refractivity contribution in [1.82, 2.24) is 19.8 Å². The fourth-order valence-electron chi connectivity index (χ4n) is 3.61. The van der Waals surface area contributed by atoms with Crippen LogP contribution in [-0.2, 0) is 4.74 Å². The Morgan fingerprint density at radius 3 is 2.54 bits per heavy atom. The van der Waals surface area contributed by atoms with Gasteiger partial charge >= 0.3 is 0 Å². The quantitative estimate of drug-likeness (QED) is 0.827. The summed E-state index contributed by atoms with van der Waals surface area (Å²) in [5.74, 6) is 1.28. The van der Waals surface area contributed by atoms with Gasteiger partial charge in [-0.25, -0.2) is 9.97 Å². The summed E-state index contributed by atoms with van der Waals surface area (Å²) in [6, 6.07) is 11.6. The number of nitrogens with zero attached hydrogens (tertiary/aromatic N) is 4. The van der Waals surface area contributed by atoms with E-state index in [-0.39, 0.29) is 5.91 Å². The lowest BCUT2D eigenvalue weighted by Crippen LogP contribution is -2.39. The maximum atomic E-state index is 12.9. The van der Waals surface area contributed by atoms with Gasteiger partial charge in [-0.05, 0) is 12.8 Å². The molecule has 0 saturated carbocycles. The predicted molar refractivity (Wildman–Crippen MR) is 108 cm³/mol. The summed E-state index contributed by atoms with van der Waals surface area (Å²) in [4.78, 5) is 26.4. The van der Waals surface area contributed by atoms with Crippen molar-refractivity contribution in [3.8, 4) is 11.4 Å². The normalized spacial score (nSPS) is 17.6. The number of rotatable bonds is 6. The summed E-state index contributed by atoms with van der Waals surface area (Å²) in [7, 11) is 0. The van der Waals surface area contributed by atoms with Crippen LogP contribution in [0.2, 0.25) is 0 Å². The molecule has 0 spiro atoms. The number of morpholine rings is 1. The largest absolute Gasteiger partial charge is 0.379 e. The summed E-state index contributed by atoms with van der Waals surface area (Å²) >= 11 is 0. The number of carbonyl (C=O) groups is 1. The van der Waals surface area contributed by atoms with Gasteiger partial charge in [-0.1, -0.05) is 30.3 Å². The van der Waals surface area contributed by atoms with E-state index >= 15 is 0 Å². The van der Waals surface area contributed by atoms with Crippen LogP contribution in [0.25, 0.3) is 11.4 Å². The molecule has 0 bridgehead atoms. The van der Waals surface area contributed by atoms with Gasteiger partial charge in [-0.3, -0.25) is 9.69 Å². The summed E-state index contributed by atoms with van der Waals surface area (Å²) in [6.45, 7) is 6.80. The van der Waals surface area contributed by atoms with Crippen LogP contribution >= 0.6 is 0 Å². The highest BCUT2D eigenvalue weighted by atomic mass is 16.5. The van der Waals surface area contributed by atoms with Crippen LogP contribution in [0.4, 0.5) is 5.82 Å². The van der Waals surface area contributed by atoms with Crippen molar-refractivity contribution in [1.29, 1.82) is 0 Å². The Balaban J connectivity index is 1.52. The standard InChI is InChI=1S/C21H27N5O2/c27-21(26-9-4-5-10-26)18-16-19(22-8-11-25-12-14-28-15-13-25)24-20(23-18)17-6-2-1-3-7-17/h1-3,6-7,16H,4-5,8-15H2,(H,22,23,24). The van der Waals surface area contributed by atoms with Crippen LogP contribution in [-0.4, -0.2) is 78.2 Å². The number of carbonyl (C=O) groups excluding carboxylic acids is 1. The van der Waals surface area contributed by atoms with E-state index in [4.69, 9.17) is 4.74 Å². The smallest absolute Gasteiger partial charge is 0.272 e. The van der Waals surface area contributed by atoms with Gasteiger partial charge < -0.3 is 15.0 Å². The molecule has 1 aromatic heterocycles. The Bertz CT molecular complexity index is 787. The summed E-state index contributed by atoms with van der Waals surface area (Å²) in [5.41, 5.74) is 1.37. The maximum Gasteiger partial charge on any atom is 0.272 e. The zero-order chi connectivity index (χ0) is 19.2. The van der Waals surface area contributed by atoms with Crippen LogP contribution in [0.3, 0.4) is 0 Å². The number of hydrogen-bond donors (Lipinski definition) is 1. The molecule has 2 fully saturated rings. The minimum Gasteiger partial charge on any atom is -0.379 e. The van der Waals surface area contributed by atoms with Gasteiger partial charge in [0.25, 0.3) is 5.91 Å². The Morgan fingerprint density at radius 1 is 1.04 bits per heavy atom. The lowest BCUT2D eigenvalue weighted by Gasteiger charge is -2.26. The van der Waals surface area contributed by atoms with Crippen molar-refractivity contribution in [2.24, 2.45) is 0 Å². The van der Waals surface area contributed by atoms with Gasteiger partial charge in [0, 0.05) is 50.9 Å². The highest BCUT2D eigenvalue weighted by Crippen LogP contribution is 2.20. The molecule has 0 unspecified atom stereocenters. The fourth-order valence-corrected chi connectivity index (χ4v) is 3.61. The van der Waals surface area contributed by atoms with Gasteiger partial charge in [0.2, 0.25) is 0 Å². The summed E-state index contributed by atoms with van der Waals surface area (Å²) in [5, 5.41) is 3.38. The molecule has 0 aliphatic carbocycles. The van der Waals surface area contributed by atoms with Crippen LogP contribution < -0.4 is 5.32 Å². The molecule has 0 radical (unpaired) electrons. The number of ether oxygens (including phenoxy) is 1. The van der Waals surface area contributed by atoms with E-state index in [1.807, 2.05) is 35.2 Å². The number of anilines is 1. The molecule has 7 nitrogen and oxygen atoms in total. The van der Waals surface area contributed by atoms with Crippen molar-refractivity contribution in [3.63, 3.8) is 0 Å². The van der Waals surface area contributed by atoms with E-state index in [1.165, 1.54) is 0 Å². The first-order chi connectivity index (χ1) is 13.8. The summed E-state index contributed by atoms with van der Waals surface area (Å²) in [6.07, 6.45) is 2.13. The molecule has 2 saturated heterocycles. The average Bonchev–Trinajstić information content (AvgIpc) is 3.29. The van der Waals surface area contributed by atoms with Crippen molar-refractivity contribution in [2.75, 3.05) is 57.8 Å². The number of amides is 1. The number of benzene rings is 1. The van der Waals surface area contributed by atoms with Crippen LogP contribution in [0, 0.1) is 0 Å². The molecule has 1 N–H and O–H groups in total. The fraction of sp³-hybridized carbons (Fsp3) is 0.476. The third-order valence-corrected chi connectivity index (χ3v) is 5.21. The Hall–Kier alpha value is -2.51. The Labute approximate surface area is 165 Å². The second-order valence-corrected chi connectivity index (χ2v) is 7.21. The minimum absolute atomic E-state index is 0.00619. The summed E-state index contributed by atoms with van der Waals surface area (Å²) < 4.78 is 5.40. The van der Waals surface area contributed by atoms with Gasteiger partial charge in [0.15, 0.2) is 5.82 Å². The highest BCUT2D eigenvalue weighted by molar-refractivity contribution is 5.93. The topological polar surface area (TPSA) is 70.6 Å². The molecule has 7 heteroatoms. The van der Waals surface area contributed by atoms with Crippen molar-refractivity contribution in [2.45, 2.75) is 12.8 Å². The molecule has 4 rings (SSSR count). The van der Waals surface area contributed by atoms with Crippen LogP contribution in [0.5, 0.6) is 0 Å². The van der Waals surface area contributed by atoms with Crippen LogP contribution in [0.15, 0.2) is 36.4 Å². The Kier molecular flexibility index (Phi) is 6.14. The van der Waals surface area contributed by atoms with E-state index in [0.29, 0.717) is 17.3 Å².